The van der Waals surface area contributed by atoms with Crippen molar-refractivity contribution >= 4 is 23.0 Å². The van der Waals surface area contributed by atoms with E-state index in [4.69, 9.17) is 12.2 Å². The average Bonchev–Trinajstić information content (AvgIpc) is 2.62. The van der Waals surface area contributed by atoms with E-state index >= 15 is 0 Å². The van der Waals surface area contributed by atoms with Crippen LogP contribution in [0.25, 0.3) is 0 Å². The molecule has 3 aromatic rings. The third-order valence-electron chi connectivity index (χ3n) is 3.94. The van der Waals surface area contributed by atoms with Crippen LogP contribution < -0.4 is 10.6 Å². The van der Waals surface area contributed by atoms with Crippen molar-refractivity contribution in [2.75, 3.05) is 5.32 Å². The molecule has 0 aliphatic carbocycles. The van der Waals surface area contributed by atoms with E-state index < -0.39 is 0 Å². The topological polar surface area (TPSA) is 24.1 Å². The molecule has 0 spiro atoms. The number of hydrogen-bond acceptors (Lipinski definition) is 1. The lowest BCUT2D eigenvalue weighted by atomic mass is 9.95. The van der Waals surface area contributed by atoms with Crippen LogP contribution in [0.5, 0.6) is 0 Å². The van der Waals surface area contributed by atoms with Crippen LogP contribution in [0.4, 0.5) is 5.69 Å². The Bertz CT molecular complexity index is 800. The molecule has 3 heteroatoms. The van der Waals surface area contributed by atoms with Gasteiger partial charge < -0.3 is 10.6 Å². The highest BCUT2D eigenvalue weighted by Crippen LogP contribution is 2.25. The number of rotatable bonds is 4. The molecule has 0 radical (unpaired) electrons. The number of aryl methyl sites for hydroxylation is 1. The van der Waals surface area contributed by atoms with Crippen molar-refractivity contribution in [2.24, 2.45) is 0 Å². The highest BCUT2D eigenvalue weighted by molar-refractivity contribution is 7.80. The molecule has 0 unspecified atom stereocenters. The maximum absolute atomic E-state index is 5.53. The first-order valence-electron chi connectivity index (χ1n) is 7.97. The summed E-state index contributed by atoms with van der Waals surface area (Å²) in [5.41, 5.74) is 4.62. The Morgan fingerprint density at radius 1 is 0.792 bits per heavy atom. The standard InChI is InChI=1S/C21H20N2S/c1-16-10-8-9-15-19(16)20(17-11-4-2-5-12-17)23-21(24)22-18-13-6-3-7-14-18/h2-15,20H,1H3,(H2,22,23,24)/t20-/m0/s1. The third-order valence-corrected chi connectivity index (χ3v) is 4.16. The lowest BCUT2D eigenvalue weighted by Crippen LogP contribution is -2.33. The number of hydrogen-bond donors (Lipinski definition) is 2. The lowest BCUT2D eigenvalue weighted by molar-refractivity contribution is 0.762. The van der Waals surface area contributed by atoms with Crippen molar-refractivity contribution in [1.82, 2.24) is 5.32 Å². The number of anilines is 1. The van der Waals surface area contributed by atoms with Gasteiger partial charge in [0.2, 0.25) is 0 Å². The number of para-hydroxylation sites is 1. The van der Waals surface area contributed by atoms with E-state index in [1.165, 1.54) is 16.7 Å². The smallest absolute Gasteiger partial charge is 0.171 e. The highest BCUT2D eigenvalue weighted by Gasteiger charge is 2.16. The van der Waals surface area contributed by atoms with Crippen LogP contribution in [0.15, 0.2) is 84.9 Å². The average molecular weight is 332 g/mol. The summed E-state index contributed by atoms with van der Waals surface area (Å²) in [5, 5.41) is 7.32. The zero-order valence-electron chi connectivity index (χ0n) is 13.6. The Balaban J connectivity index is 1.86. The van der Waals surface area contributed by atoms with Gasteiger partial charge in [0.15, 0.2) is 5.11 Å². The molecule has 1 atom stereocenters. The number of benzene rings is 3. The van der Waals surface area contributed by atoms with Gasteiger partial charge in [-0.15, -0.1) is 0 Å². The molecule has 0 amide bonds. The number of thiocarbonyl (C=S) groups is 1. The first kappa shape index (κ1) is 16.2. The molecule has 0 saturated heterocycles. The Morgan fingerprint density at radius 2 is 1.38 bits per heavy atom. The van der Waals surface area contributed by atoms with E-state index in [1.807, 2.05) is 36.4 Å². The fourth-order valence-electron chi connectivity index (χ4n) is 2.72. The van der Waals surface area contributed by atoms with E-state index in [0.717, 1.165) is 5.69 Å². The van der Waals surface area contributed by atoms with Gasteiger partial charge in [0.05, 0.1) is 6.04 Å². The van der Waals surface area contributed by atoms with Crippen molar-refractivity contribution in [3.05, 3.63) is 102 Å². The second kappa shape index (κ2) is 7.75. The lowest BCUT2D eigenvalue weighted by Gasteiger charge is -2.23. The summed E-state index contributed by atoms with van der Waals surface area (Å²) >= 11 is 5.53. The van der Waals surface area contributed by atoms with Crippen LogP contribution in [-0.4, -0.2) is 5.11 Å². The van der Waals surface area contributed by atoms with Crippen molar-refractivity contribution < 1.29 is 0 Å². The maximum atomic E-state index is 5.53. The zero-order chi connectivity index (χ0) is 16.8. The van der Waals surface area contributed by atoms with Gasteiger partial charge in [-0.05, 0) is 48.0 Å². The second-order valence-corrected chi connectivity index (χ2v) is 6.07. The molecule has 0 bridgehead atoms. The molecule has 0 heterocycles. The fourth-order valence-corrected chi connectivity index (χ4v) is 2.95. The van der Waals surface area contributed by atoms with Gasteiger partial charge in [-0.1, -0.05) is 72.8 Å². The molecule has 0 saturated carbocycles. The molecule has 120 valence electrons. The molecule has 3 aromatic carbocycles. The van der Waals surface area contributed by atoms with Crippen molar-refractivity contribution in [3.8, 4) is 0 Å². The Labute approximate surface area is 148 Å². The van der Waals surface area contributed by atoms with Gasteiger partial charge in [-0.2, -0.15) is 0 Å². The summed E-state index contributed by atoms with van der Waals surface area (Å²) in [4.78, 5) is 0. The minimum Gasteiger partial charge on any atom is -0.352 e. The van der Waals surface area contributed by atoms with Gasteiger partial charge in [0, 0.05) is 5.69 Å². The number of nitrogens with one attached hydrogen (secondary N) is 2. The van der Waals surface area contributed by atoms with Gasteiger partial charge in [0.1, 0.15) is 0 Å². The minimum absolute atomic E-state index is 0.0103. The molecule has 0 fully saturated rings. The van der Waals surface area contributed by atoms with Crippen LogP contribution in [0, 0.1) is 6.92 Å². The van der Waals surface area contributed by atoms with E-state index in [2.05, 4.69) is 66.1 Å². The normalized spacial score (nSPS) is 11.5. The fraction of sp³-hybridized carbons (Fsp3) is 0.0952. The Kier molecular flexibility index (Phi) is 5.24. The zero-order valence-corrected chi connectivity index (χ0v) is 14.4. The van der Waals surface area contributed by atoms with Crippen molar-refractivity contribution in [1.29, 1.82) is 0 Å². The molecule has 24 heavy (non-hydrogen) atoms. The van der Waals surface area contributed by atoms with Gasteiger partial charge >= 0.3 is 0 Å². The molecule has 0 aromatic heterocycles. The molecular weight excluding hydrogens is 312 g/mol. The first-order valence-corrected chi connectivity index (χ1v) is 8.38. The van der Waals surface area contributed by atoms with Crippen molar-refractivity contribution in [2.45, 2.75) is 13.0 Å². The van der Waals surface area contributed by atoms with E-state index in [9.17, 15) is 0 Å². The van der Waals surface area contributed by atoms with Crippen LogP contribution in [0.3, 0.4) is 0 Å². The summed E-state index contributed by atoms with van der Waals surface area (Å²) in [7, 11) is 0. The quantitative estimate of drug-likeness (QED) is 0.652. The Morgan fingerprint density at radius 3 is 2.04 bits per heavy atom. The third kappa shape index (κ3) is 4.00. The van der Waals surface area contributed by atoms with Gasteiger partial charge in [-0.25, -0.2) is 0 Å². The van der Waals surface area contributed by atoms with Gasteiger partial charge in [0.25, 0.3) is 0 Å². The van der Waals surface area contributed by atoms with Crippen LogP contribution in [0.2, 0.25) is 0 Å². The summed E-state index contributed by atoms with van der Waals surface area (Å²) in [6, 6.07) is 28.7. The molecule has 3 rings (SSSR count). The van der Waals surface area contributed by atoms with E-state index in [-0.39, 0.29) is 6.04 Å². The second-order valence-electron chi connectivity index (χ2n) is 5.66. The monoisotopic (exact) mass is 332 g/mol. The van der Waals surface area contributed by atoms with Crippen LogP contribution in [0.1, 0.15) is 22.7 Å². The predicted molar refractivity (Wildman–Crippen MR) is 105 cm³/mol. The van der Waals surface area contributed by atoms with E-state index in [1.54, 1.807) is 0 Å². The minimum atomic E-state index is 0.0103. The van der Waals surface area contributed by atoms with E-state index in [0.29, 0.717) is 5.11 Å². The highest BCUT2D eigenvalue weighted by atomic mass is 32.1. The predicted octanol–water partition coefficient (Wildman–Crippen LogP) is 5.07. The molecule has 0 aliphatic rings. The molecule has 0 aliphatic heterocycles. The molecule has 2 nitrogen and oxygen atoms in total. The summed E-state index contributed by atoms with van der Waals surface area (Å²) in [6.45, 7) is 2.13. The van der Waals surface area contributed by atoms with Crippen LogP contribution in [-0.2, 0) is 0 Å². The van der Waals surface area contributed by atoms with Crippen LogP contribution >= 0.6 is 12.2 Å². The summed E-state index contributed by atoms with van der Waals surface area (Å²) in [5.74, 6) is 0. The summed E-state index contributed by atoms with van der Waals surface area (Å²) in [6.07, 6.45) is 0. The Hall–Kier alpha value is -2.65. The molecule has 2 N–H and O–H groups in total. The largest absolute Gasteiger partial charge is 0.352 e. The van der Waals surface area contributed by atoms with Crippen molar-refractivity contribution in [3.63, 3.8) is 0 Å². The summed E-state index contributed by atoms with van der Waals surface area (Å²) < 4.78 is 0. The first-order chi connectivity index (χ1) is 11.7. The van der Waals surface area contributed by atoms with Gasteiger partial charge in [-0.3, -0.25) is 0 Å². The SMILES string of the molecule is Cc1ccccc1[C@@H](NC(=S)Nc1ccccc1)c1ccccc1. The maximum Gasteiger partial charge on any atom is 0.171 e. The molecular formula is C21H20N2S.